The van der Waals surface area contributed by atoms with Crippen molar-refractivity contribution in [3.63, 3.8) is 0 Å². The van der Waals surface area contributed by atoms with Crippen LogP contribution < -0.4 is 0 Å². The Kier molecular flexibility index (Phi) is 4.11. The van der Waals surface area contributed by atoms with Crippen molar-refractivity contribution in [2.24, 2.45) is 5.92 Å². The fourth-order valence-corrected chi connectivity index (χ4v) is 3.62. The van der Waals surface area contributed by atoms with E-state index in [1.165, 1.54) is 27.3 Å². The highest BCUT2D eigenvalue weighted by atomic mass is 127. The molecule has 1 saturated carbocycles. The van der Waals surface area contributed by atoms with Gasteiger partial charge >= 0.3 is 0 Å². The fourth-order valence-electron chi connectivity index (χ4n) is 2.85. The van der Waals surface area contributed by atoms with Crippen LogP contribution >= 0.6 is 22.6 Å². The Morgan fingerprint density at radius 1 is 1.35 bits per heavy atom. The molecule has 0 atom stereocenters. The van der Waals surface area contributed by atoms with E-state index in [0.717, 1.165) is 37.0 Å². The van der Waals surface area contributed by atoms with E-state index in [1.807, 2.05) is 11.0 Å². The molecule has 2 aromatic heterocycles. The van der Waals surface area contributed by atoms with Crippen LogP contribution in [0.2, 0.25) is 0 Å². The van der Waals surface area contributed by atoms with Crippen molar-refractivity contribution in [3.05, 3.63) is 34.3 Å². The molecule has 5 nitrogen and oxygen atoms in total. The van der Waals surface area contributed by atoms with Crippen LogP contribution in [0.25, 0.3) is 22.3 Å². The summed E-state index contributed by atoms with van der Waals surface area (Å²) in [5.41, 5.74) is 2.31. The van der Waals surface area contributed by atoms with Crippen molar-refractivity contribution in [1.29, 1.82) is 0 Å². The number of hydrogen-bond donors (Lipinski definition) is 0. The third kappa shape index (κ3) is 3.14. The van der Waals surface area contributed by atoms with Crippen molar-refractivity contribution < 1.29 is 4.74 Å². The monoisotopic (exact) mass is 422 g/mol. The summed E-state index contributed by atoms with van der Waals surface area (Å²) in [6.07, 6.45) is 6.68. The number of nitrogens with zero attached hydrogens (tertiary/aromatic N) is 4. The maximum absolute atomic E-state index is 5.19. The highest BCUT2D eigenvalue weighted by Crippen LogP contribution is 2.31. The van der Waals surface area contributed by atoms with Gasteiger partial charge in [0.15, 0.2) is 5.82 Å². The third-order valence-corrected chi connectivity index (χ3v) is 5.17. The van der Waals surface area contributed by atoms with Crippen LogP contribution in [0.5, 0.6) is 0 Å². The van der Waals surface area contributed by atoms with Crippen molar-refractivity contribution in [3.8, 4) is 11.4 Å². The Hall–Kier alpha value is -1.41. The van der Waals surface area contributed by atoms with Crippen LogP contribution in [-0.2, 0) is 17.8 Å². The molecule has 6 heteroatoms. The Labute approximate surface area is 148 Å². The SMILES string of the molecule is COCCn1cc(I)c2cc(-c3ncn(CC4CC4)n3)ccc21. The van der Waals surface area contributed by atoms with E-state index in [2.05, 4.69) is 61.6 Å². The van der Waals surface area contributed by atoms with E-state index in [4.69, 9.17) is 4.74 Å². The first-order valence-corrected chi connectivity index (χ1v) is 8.99. The molecule has 1 aliphatic carbocycles. The summed E-state index contributed by atoms with van der Waals surface area (Å²) in [6, 6.07) is 6.46. The molecule has 1 fully saturated rings. The van der Waals surface area contributed by atoms with Crippen LogP contribution in [0.3, 0.4) is 0 Å². The zero-order chi connectivity index (χ0) is 15.8. The number of ether oxygens (including phenoxy) is 1. The lowest BCUT2D eigenvalue weighted by molar-refractivity contribution is 0.188. The van der Waals surface area contributed by atoms with E-state index >= 15 is 0 Å². The highest BCUT2D eigenvalue weighted by Gasteiger charge is 2.22. The molecule has 0 amide bonds. The van der Waals surface area contributed by atoms with Gasteiger partial charge in [-0.2, -0.15) is 5.10 Å². The Balaban J connectivity index is 1.65. The molecule has 23 heavy (non-hydrogen) atoms. The quantitative estimate of drug-likeness (QED) is 0.571. The van der Waals surface area contributed by atoms with E-state index in [0.29, 0.717) is 0 Å². The van der Waals surface area contributed by atoms with E-state index < -0.39 is 0 Å². The molecule has 4 rings (SSSR count). The molecule has 0 unspecified atom stereocenters. The Morgan fingerprint density at radius 3 is 3.00 bits per heavy atom. The molecule has 1 aromatic carbocycles. The molecule has 1 aliphatic rings. The summed E-state index contributed by atoms with van der Waals surface area (Å²) in [4.78, 5) is 4.48. The molecule has 0 N–H and O–H groups in total. The smallest absolute Gasteiger partial charge is 0.181 e. The second-order valence-corrected chi connectivity index (χ2v) is 7.29. The summed E-state index contributed by atoms with van der Waals surface area (Å²) in [5.74, 6) is 1.62. The van der Waals surface area contributed by atoms with Crippen LogP contribution in [0, 0.1) is 9.49 Å². The van der Waals surface area contributed by atoms with Gasteiger partial charge in [-0.15, -0.1) is 0 Å². The van der Waals surface area contributed by atoms with Crippen molar-refractivity contribution in [1.82, 2.24) is 19.3 Å². The van der Waals surface area contributed by atoms with Gasteiger partial charge in [-0.1, -0.05) is 0 Å². The maximum Gasteiger partial charge on any atom is 0.181 e. The first-order valence-electron chi connectivity index (χ1n) is 7.92. The minimum absolute atomic E-state index is 0.717. The molecule has 0 bridgehead atoms. The summed E-state index contributed by atoms with van der Waals surface area (Å²) < 4.78 is 10.7. The number of fused-ring (bicyclic) bond motifs is 1. The number of benzene rings is 1. The van der Waals surface area contributed by atoms with E-state index in [-0.39, 0.29) is 0 Å². The molecule has 0 aliphatic heterocycles. The molecular weight excluding hydrogens is 403 g/mol. The lowest BCUT2D eigenvalue weighted by atomic mass is 10.1. The molecule has 120 valence electrons. The number of rotatable bonds is 6. The second-order valence-electron chi connectivity index (χ2n) is 6.13. The predicted molar refractivity (Wildman–Crippen MR) is 98.3 cm³/mol. The van der Waals surface area contributed by atoms with Crippen LogP contribution in [0.4, 0.5) is 0 Å². The number of aromatic nitrogens is 4. The predicted octanol–water partition coefficient (Wildman–Crippen LogP) is 3.56. The summed E-state index contributed by atoms with van der Waals surface area (Å²) >= 11 is 2.39. The lowest BCUT2D eigenvalue weighted by Crippen LogP contribution is -2.02. The van der Waals surface area contributed by atoms with Gasteiger partial charge < -0.3 is 9.30 Å². The average molecular weight is 422 g/mol. The lowest BCUT2D eigenvalue weighted by Gasteiger charge is -2.04. The summed E-state index contributed by atoms with van der Waals surface area (Å²) in [7, 11) is 1.73. The molecule has 2 heterocycles. The Bertz CT molecular complexity index is 834. The molecule has 0 spiro atoms. The van der Waals surface area contributed by atoms with Crippen molar-refractivity contribution in [2.45, 2.75) is 25.9 Å². The Morgan fingerprint density at radius 2 is 2.22 bits per heavy atom. The van der Waals surface area contributed by atoms with E-state index in [1.54, 1.807) is 7.11 Å². The number of methoxy groups -OCH3 is 1. The van der Waals surface area contributed by atoms with Gasteiger partial charge in [0.1, 0.15) is 6.33 Å². The first-order chi connectivity index (χ1) is 11.2. The molecule has 0 saturated heterocycles. The fraction of sp³-hybridized carbons (Fsp3) is 0.412. The minimum atomic E-state index is 0.717. The second kappa shape index (κ2) is 6.24. The number of hydrogen-bond acceptors (Lipinski definition) is 3. The van der Waals surface area contributed by atoms with Gasteiger partial charge in [0.2, 0.25) is 0 Å². The van der Waals surface area contributed by atoms with Gasteiger partial charge in [0, 0.05) is 46.4 Å². The third-order valence-electron chi connectivity index (χ3n) is 4.31. The normalized spacial score (nSPS) is 14.7. The summed E-state index contributed by atoms with van der Waals surface area (Å²) in [6.45, 7) is 2.58. The van der Waals surface area contributed by atoms with Gasteiger partial charge in [0.25, 0.3) is 0 Å². The topological polar surface area (TPSA) is 44.9 Å². The zero-order valence-electron chi connectivity index (χ0n) is 13.1. The average Bonchev–Trinajstić information content (AvgIpc) is 3.15. The zero-order valence-corrected chi connectivity index (χ0v) is 15.2. The largest absolute Gasteiger partial charge is 0.383 e. The van der Waals surface area contributed by atoms with Gasteiger partial charge in [-0.05, 0) is 59.5 Å². The van der Waals surface area contributed by atoms with Crippen LogP contribution in [0.15, 0.2) is 30.7 Å². The highest BCUT2D eigenvalue weighted by molar-refractivity contribution is 14.1. The summed E-state index contributed by atoms with van der Waals surface area (Å²) in [5, 5.41) is 5.88. The molecule has 0 radical (unpaired) electrons. The van der Waals surface area contributed by atoms with Crippen LogP contribution in [-0.4, -0.2) is 33.0 Å². The standard InChI is InChI=1S/C17H19IN4O/c1-23-7-6-21-10-15(18)14-8-13(4-5-16(14)21)17-19-11-22(20-17)9-12-2-3-12/h4-5,8,10-12H,2-3,6-7,9H2,1H3. The molecule has 3 aromatic rings. The van der Waals surface area contributed by atoms with Gasteiger partial charge in [0.05, 0.1) is 6.61 Å². The maximum atomic E-state index is 5.19. The van der Waals surface area contributed by atoms with Gasteiger partial charge in [-0.25, -0.2) is 4.98 Å². The number of halogens is 1. The van der Waals surface area contributed by atoms with Crippen molar-refractivity contribution in [2.75, 3.05) is 13.7 Å². The van der Waals surface area contributed by atoms with E-state index in [9.17, 15) is 0 Å². The molecular formula is C17H19IN4O. The van der Waals surface area contributed by atoms with Crippen LogP contribution in [0.1, 0.15) is 12.8 Å². The first kappa shape index (κ1) is 15.1. The van der Waals surface area contributed by atoms with Gasteiger partial charge in [-0.3, -0.25) is 4.68 Å². The van der Waals surface area contributed by atoms with Crippen molar-refractivity contribution >= 4 is 33.5 Å². The minimum Gasteiger partial charge on any atom is -0.383 e.